The number of halogens is 4. The van der Waals surface area contributed by atoms with Gasteiger partial charge in [-0.05, 0) is 22.0 Å². The molecule has 0 aliphatic carbocycles. The van der Waals surface area contributed by atoms with Crippen molar-refractivity contribution in [1.82, 2.24) is 4.73 Å². The lowest BCUT2D eigenvalue weighted by Crippen LogP contribution is -2.33. The zero-order valence-corrected chi connectivity index (χ0v) is 9.94. The van der Waals surface area contributed by atoms with Crippen LogP contribution in [0.1, 0.15) is 5.69 Å². The fourth-order valence-corrected chi connectivity index (χ4v) is 1.75. The highest BCUT2D eigenvalue weighted by Gasteiger charge is 2.36. The molecule has 0 atom stereocenters. The number of alkyl halides is 3. The minimum Gasteiger partial charge on any atom is -0.413 e. The van der Waals surface area contributed by atoms with Gasteiger partial charge in [0.05, 0.1) is 0 Å². The number of anilines is 1. The van der Waals surface area contributed by atoms with Gasteiger partial charge in [0.15, 0.2) is 5.69 Å². The van der Waals surface area contributed by atoms with E-state index in [1.807, 2.05) is 0 Å². The molecular weight excluding hydrogens is 293 g/mol. The van der Waals surface area contributed by atoms with Crippen molar-refractivity contribution in [3.05, 3.63) is 26.6 Å². The third-order valence-electron chi connectivity index (χ3n) is 1.84. The lowest BCUT2D eigenvalue weighted by atomic mass is 10.3. The lowest BCUT2D eigenvalue weighted by molar-refractivity contribution is -0.151. The van der Waals surface area contributed by atoms with E-state index in [1.165, 1.54) is 7.05 Å². The molecule has 0 aromatic carbocycles. The molecule has 0 spiro atoms. The first-order valence-corrected chi connectivity index (χ1v) is 4.87. The van der Waals surface area contributed by atoms with E-state index >= 15 is 0 Å². The zero-order valence-electron chi connectivity index (χ0n) is 8.35. The first-order valence-electron chi connectivity index (χ1n) is 4.08. The van der Waals surface area contributed by atoms with E-state index < -0.39 is 17.4 Å². The Morgan fingerprint density at radius 3 is 2.44 bits per heavy atom. The standard InChI is InChI=1S/C8H8BrF3N2O2/c1-13-6-4(9)3-5(8(10,11)12)14(16-2)7(6)15/h3,13H,1-2H3. The third-order valence-corrected chi connectivity index (χ3v) is 2.47. The van der Waals surface area contributed by atoms with Crippen LogP contribution in [0.15, 0.2) is 15.3 Å². The maximum absolute atomic E-state index is 12.6. The van der Waals surface area contributed by atoms with E-state index in [4.69, 9.17) is 0 Å². The summed E-state index contributed by atoms with van der Waals surface area (Å²) in [6, 6.07) is 0.775. The van der Waals surface area contributed by atoms with Crippen molar-refractivity contribution < 1.29 is 18.0 Å². The van der Waals surface area contributed by atoms with Crippen LogP contribution >= 0.6 is 15.9 Å². The van der Waals surface area contributed by atoms with Crippen LogP contribution in [0.3, 0.4) is 0 Å². The average molecular weight is 301 g/mol. The van der Waals surface area contributed by atoms with E-state index in [-0.39, 0.29) is 14.9 Å². The van der Waals surface area contributed by atoms with E-state index in [2.05, 4.69) is 26.1 Å². The van der Waals surface area contributed by atoms with Crippen LogP contribution in [0.2, 0.25) is 0 Å². The van der Waals surface area contributed by atoms with Crippen molar-refractivity contribution in [3.8, 4) is 0 Å². The minimum absolute atomic E-state index is 0.00477. The topological polar surface area (TPSA) is 43.3 Å². The Bertz CT molecular complexity index is 456. The van der Waals surface area contributed by atoms with Gasteiger partial charge in [0.1, 0.15) is 12.8 Å². The Morgan fingerprint density at radius 2 is 2.06 bits per heavy atom. The van der Waals surface area contributed by atoms with Gasteiger partial charge in [0, 0.05) is 11.5 Å². The Labute approximate surface area is 97.1 Å². The van der Waals surface area contributed by atoms with Crippen LogP contribution < -0.4 is 15.7 Å². The number of nitrogens with zero attached hydrogens (tertiary/aromatic N) is 1. The van der Waals surface area contributed by atoms with Crippen LogP contribution in [0.25, 0.3) is 0 Å². The summed E-state index contributed by atoms with van der Waals surface area (Å²) in [7, 11) is 2.42. The van der Waals surface area contributed by atoms with Crippen molar-refractivity contribution in [1.29, 1.82) is 0 Å². The highest BCUT2D eigenvalue weighted by atomic mass is 79.9. The average Bonchev–Trinajstić information content (AvgIpc) is 2.16. The first-order chi connectivity index (χ1) is 7.32. The Kier molecular flexibility index (Phi) is 3.51. The maximum Gasteiger partial charge on any atom is 0.434 e. The van der Waals surface area contributed by atoms with Crippen molar-refractivity contribution in [3.63, 3.8) is 0 Å². The molecule has 0 amide bonds. The number of pyridine rings is 1. The quantitative estimate of drug-likeness (QED) is 0.904. The van der Waals surface area contributed by atoms with Crippen molar-refractivity contribution in [2.24, 2.45) is 0 Å². The minimum atomic E-state index is -4.66. The monoisotopic (exact) mass is 300 g/mol. The summed E-state index contributed by atoms with van der Waals surface area (Å²) in [6.45, 7) is 0. The summed E-state index contributed by atoms with van der Waals surface area (Å²) < 4.78 is 37.9. The fourth-order valence-electron chi connectivity index (χ4n) is 1.17. The molecule has 0 aliphatic rings. The summed E-state index contributed by atoms with van der Waals surface area (Å²) in [6.07, 6.45) is -4.66. The predicted molar refractivity (Wildman–Crippen MR) is 55.5 cm³/mol. The second kappa shape index (κ2) is 4.36. The van der Waals surface area contributed by atoms with E-state index in [1.54, 1.807) is 0 Å². The van der Waals surface area contributed by atoms with Gasteiger partial charge >= 0.3 is 11.7 Å². The second-order valence-electron chi connectivity index (χ2n) is 2.78. The van der Waals surface area contributed by atoms with Crippen LogP contribution in [0.4, 0.5) is 18.9 Å². The summed E-state index contributed by atoms with van der Waals surface area (Å²) >= 11 is 2.88. The summed E-state index contributed by atoms with van der Waals surface area (Å²) in [5.41, 5.74) is -2.09. The van der Waals surface area contributed by atoms with Crippen LogP contribution in [0, 0.1) is 0 Å². The molecular formula is C8H8BrF3N2O2. The van der Waals surface area contributed by atoms with Crippen LogP contribution in [-0.4, -0.2) is 18.9 Å². The second-order valence-corrected chi connectivity index (χ2v) is 3.64. The summed E-state index contributed by atoms with van der Waals surface area (Å²) in [5, 5.41) is 2.49. The van der Waals surface area contributed by atoms with Gasteiger partial charge in [-0.25, -0.2) is 0 Å². The SMILES string of the molecule is CNc1c(Br)cc(C(F)(F)F)n(OC)c1=O. The van der Waals surface area contributed by atoms with Gasteiger partial charge in [-0.1, -0.05) is 0 Å². The first kappa shape index (κ1) is 12.9. The molecule has 0 radical (unpaired) electrons. The molecule has 8 heteroatoms. The normalized spacial score (nSPS) is 11.4. The number of nitrogens with one attached hydrogen (secondary N) is 1. The van der Waals surface area contributed by atoms with Gasteiger partial charge in [0.25, 0.3) is 0 Å². The molecule has 16 heavy (non-hydrogen) atoms. The number of hydrogen-bond acceptors (Lipinski definition) is 3. The predicted octanol–water partition coefficient (Wildman–Crippen LogP) is 1.73. The molecule has 0 fully saturated rings. The van der Waals surface area contributed by atoms with E-state index in [9.17, 15) is 18.0 Å². The molecule has 0 saturated heterocycles. The summed E-state index contributed by atoms with van der Waals surface area (Å²) in [4.78, 5) is 16.0. The fraction of sp³-hybridized carbons (Fsp3) is 0.375. The molecule has 0 aliphatic heterocycles. The molecule has 1 N–H and O–H groups in total. The van der Waals surface area contributed by atoms with E-state index in [0.29, 0.717) is 0 Å². The van der Waals surface area contributed by atoms with Gasteiger partial charge in [-0.15, -0.1) is 4.73 Å². The zero-order chi connectivity index (χ0) is 12.5. The van der Waals surface area contributed by atoms with Crippen molar-refractivity contribution in [2.75, 3.05) is 19.5 Å². The Hall–Kier alpha value is -1.18. The highest BCUT2D eigenvalue weighted by Crippen LogP contribution is 2.31. The molecule has 0 unspecified atom stereocenters. The van der Waals surface area contributed by atoms with Crippen LogP contribution in [-0.2, 0) is 6.18 Å². The molecule has 1 heterocycles. The number of hydrogen-bond donors (Lipinski definition) is 1. The Balaban J connectivity index is 3.61. The van der Waals surface area contributed by atoms with E-state index in [0.717, 1.165) is 13.2 Å². The van der Waals surface area contributed by atoms with Gasteiger partial charge in [-0.2, -0.15) is 13.2 Å². The Morgan fingerprint density at radius 1 is 1.50 bits per heavy atom. The molecule has 90 valence electrons. The molecule has 1 aromatic rings. The van der Waals surface area contributed by atoms with Gasteiger partial charge < -0.3 is 10.2 Å². The van der Waals surface area contributed by atoms with Crippen molar-refractivity contribution in [2.45, 2.75) is 6.18 Å². The van der Waals surface area contributed by atoms with Crippen molar-refractivity contribution >= 4 is 21.6 Å². The molecule has 1 rings (SSSR count). The van der Waals surface area contributed by atoms with Gasteiger partial charge in [0.2, 0.25) is 0 Å². The van der Waals surface area contributed by atoms with Crippen LogP contribution in [0.5, 0.6) is 0 Å². The largest absolute Gasteiger partial charge is 0.434 e. The molecule has 1 aromatic heterocycles. The lowest BCUT2D eigenvalue weighted by Gasteiger charge is -2.15. The summed E-state index contributed by atoms with van der Waals surface area (Å²) in [5.74, 6) is 0. The van der Waals surface area contributed by atoms with Gasteiger partial charge in [-0.3, -0.25) is 4.79 Å². The number of aromatic nitrogens is 1. The number of rotatable bonds is 2. The molecule has 0 bridgehead atoms. The maximum atomic E-state index is 12.6. The molecule has 0 saturated carbocycles. The smallest absolute Gasteiger partial charge is 0.413 e. The third kappa shape index (κ3) is 2.16. The molecule has 4 nitrogen and oxygen atoms in total. The highest BCUT2D eigenvalue weighted by molar-refractivity contribution is 9.10.